The van der Waals surface area contributed by atoms with E-state index in [1.165, 1.54) is 11.2 Å². The normalized spacial score (nSPS) is 21.0. The van der Waals surface area contributed by atoms with Gasteiger partial charge < -0.3 is 10.2 Å². The van der Waals surface area contributed by atoms with E-state index in [0.29, 0.717) is 25.8 Å². The number of anilines is 2. The number of hydrogen-bond donors (Lipinski definition) is 1. The number of carbonyl (C=O) groups excluding carboxylic acids is 2. The molecule has 4 rings (SSSR count). The van der Waals surface area contributed by atoms with E-state index in [4.69, 9.17) is 0 Å². The van der Waals surface area contributed by atoms with Crippen LogP contribution >= 0.6 is 11.8 Å². The summed E-state index contributed by atoms with van der Waals surface area (Å²) in [7, 11) is -3.74. The molecule has 0 unspecified atom stereocenters. The van der Waals surface area contributed by atoms with Crippen molar-refractivity contribution >= 4 is 45.0 Å². The zero-order chi connectivity index (χ0) is 23.8. The molecule has 1 N–H and O–H groups in total. The molecule has 2 amide bonds. The molecule has 1 fully saturated rings. The minimum Gasteiger partial charge on any atom is -0.326 e. The third-order valence-electron chi connectivity index (χ3n) is 6.34. The number of sulfonamides is 1. The number of thioether (sulfide) groups is 1. The molecule has 0 saturated carbocycles. The monoisotopic (exact) mass is 487 g/mol. The summed E-state index contributed by atoms with van der Waals surface area (Å²) in [6, 6.07) is 12.6. The molecule has 2 aliphatic rings. The molecule has 0 aromatic heterocycles. The van der Waals surface area contributed by atoms with Gasteiger partial charge in [0, 0.05) is 42.3 Å². The first-order valence-corrected chi connectivity index (χ1v) is 13.7. The maximum Gasteiger partial charge on any atom is 0.243 e. The molecule has 0 bridgehead atoms. The Morgan fingerprint density at radius 2 is 1.94 bits per heavy atom. The van der Waals surface area contributed by atoms with Crippen LogP contribution in [0.15, 0.2) is 52.3 Å². The Balaban J connectivity index is 1.50. The average molecular weight is 488 g/mol. The molecule has 176 valence electrons. The van der Waals surface area contributed by atoms with Gasteiger partial charge in [-0.15, -0.1) is 11.8 Å². The highest BCUT2D eigenvalue weighted by atomic mass is 32.2. The number of benzene rings is 2. The van der Waals surface area contributed by atoms with E-state index in [1.54, 1.807) is 34.9 Å². The van der Waals surface area contributed by atoms with E-state index in [-0.39, 0.29) is 29.3 Å². The van der Waals surface area contributed by atoms with Crippen LogP contribution in [-0.2, 0) is 26.0 Å². The van der Waals surface area contributed by atoms with Crippen molar-refractivity contribution < 1.29 is 18.0 Å². The van der Waals surface area contributed by atoms with Crippen LogP contribution in [0.5, 0.6) is 0 Å². The van der Waals surface area contributed by atoms with E-state index in [2.05, 4.69) is 5.32 Å². The molecule has 33 heavy (non-hydrogen) atoms. The highest BCUT2D eigenvalue weighted by Crippen LogP contribution is 2.35. The van der Waals surface area contributed by atoms with Crippen molar-refractivity contribution in [3.63, 3.8) is 0 Å². The highest BCUT2D eigenvalue weighted by Gasteiger charge is 2.35. The zero-order valence-electron chi connectivity index (χ0n) is 19.1. The first-order valence-electron chi connectivity index (χ1n) is 11.1. The molecule has 2 heterocycles. The molecular formula is C24H29N3O4S2. The SMILES string of the molecule is CSc1cccc(NC(=O)[C@H]2CCCN(S(=O)(=O)c3ccc4c(c3)C[C@H](C)N4C(C)=O)C2)c1. The molecular weight excluding hydrogens is 458 g/mol. The largest absolute Gasteiger partial charge is 0.326 e. The summed E-state index contributed by atoms with van der Waals surface area (Å²) in [6.45, 7) is 4.02. The molecule has 2 aliphatic heterocycles. The second kappa shape index (κ2) is 9.48. The summed E-state index contributed by atoms with van der Waals surface area (Å²) < 4.78 is 28.2. The molecule has 2 aromatic carbocycles. The molecule has 0 radical (unpaired) electrons. The summed E-state index contributed by atoms with van der Waals surface area (Å²) in [5.41, 5.74) is 2.35. The number of nitrogens with one attached hydrogen (secondary N) is 1. The van der Waals surface area contributed by atoms with E-state index in [9.17, 15) is 18.0 Å². The predicted molar refractivity (Wildman–Crippen MR) is 131 cm³/mol. The standard InChI is InChI=1S/C24H29N3O4S2/c1-16-12-19-13-22(9-10-23(19)27(16)17(2)28)33(30,31)26-11-5-6-18(15-26)24(29)25-20-7-4-8-21(14-20)32-3/h4,7-10,13-14,16,18H,5-6,11-12,15H2,1-3H3,(H,25,29)/t16-,18-/m0/s1. The van der Waals surface area contributed by atoms with Crippen molar-refractivity contribution in [2.24, 2.45) is 5.92 Å². The minimum atomic E-state index is -3.74. The van der Waals surface area contributed by atoms with E-state index < -0.39 is 15.9 Å². The van der Waals surface area contributed by atoms with Crippen molar-refractivity contribution in [1.29, 1.82) is 0 Å². The fourth-order valence-corrected chi connectivity index (χ4v) is 6.75. The number of fused-ring (bicyclic) bond motifs is 1. The number of carbonyl (C=O) groups is 2. The molecule has 0 aliphatic carbocycles. The van der Waals surface area contributed by atoms with Crippen LogP contribution in [-0.4, -0.2) is 49.9 Å². The first-order chi connectivity index (χ1) is 15.7. The molecule has 1 saturated heterocycles. The van der Waals surface area contributed by atoms with Crippen molar-refractivity contribution in [2.45, 2.75) is 48.9 Å². The van der Waals surface area contributed by atoms with Gasteiger partial charge >= 0.3 is 0 Å². The Bertz CT molecular complexity index is 1180. The Morgan fingerprint density at radius 1 is 1.15 bits per heavy atom. The van der Waals surface area contributed by atoms with Crippen LogP contribution in [0.4, 0.5) is 11.4 Å². The summed E-state index contributed by atoms with van der Waals surface area (Å²) in [5.74, 6) is -0.619. The van der Waals surface area contributed by atoms with E-state index in [1.807, 2.05) is 37.4 Å². The van der Waals surface area contributed by atoms with Gasteiger partial charge in [-0.25, -0.2) is 8.42 Å². The second-order valence-electron chi connectivity index (χ2n) is 8.66. The van der Waals surface area contributed by atoms with E-state index >= 15 is 0 Å². The molecule has 2 aromatic rings. The Kier molecular flexibility index (Phi) is 6.83. The minimum absolute atomic E-state index is 0.00290. The van der Waals surface area contributed by atoms with Gasteiger partial charge in [0.15, 0.2) is 0 Å². The summed E-state index contributed by atoms with van der Waals surface area (Å²) >= 11 is 1.60. The fraction of sp³-hybridized carbons (Fsp3) is 0.417. The van der Waals surface area contributed by atoms with Crippen molar-refractivity contribution in [3.8, 4) is 0 Å². The van der Waals surface area contributed by atoms with Crippen LogP contribution in [0.1, 0.15) is 32.3 Å². The number of hydrogen-bond acceptors (Lipinski definition) is 5. The Labute approximate surface area is 199 Å². The van der Waals surface area contributed by atoms with E-state index in [0.717, 1.165) is 21.8 Å². The lowest BCUT2D eigenvalue weighted by Crippen LogP contribution is -2.43. The van der Waals surface area contributed by atoms with Crippen LogP contribution in [0.25, 0.3) is 0 Å². The van der Waals surface area contributed by atoms with Crippen LogP contribution in [0.3, 0.4) is 0 Å². The topological polar surface area (TPSA) is 86.8 Å². The molecule has 2 atom stereocenters. The molecule has 7 nitrogen and oxygen atoms in total. The Morgan fingerprint density at radius 3 is 2.67 bits per heavy atom. The quantitative estimate of drug-likeness (QED) is 0.649. The van der Waals surface area contributed by atoms with Gasteiger partial charge in [-0.1, -0.05) is 6.07 Å². The lowest BCUT2D eigenvalue weighted by Gasteiger charge is -2.31. The predicted octanol–water partition coefficient (Wildman–Crippen LogP) is 3.75. The smallest absolute Gasteiger partial charge is 0.243 e. The van der Waals surface area contributed by atoms with Crippen LogP contribution in [0, 0.1) is 5.92 Å². The fourth-order valence-electron chi connectivity index (χ4n) is 4.72. The molecule has 0 spiro atoms. The number of piperidine rings is 1. The van der Waals surface area contributed by atoms with Crippen molar-refractivity contribution in [3.05, 3.63) is 48.0 Å². The Hall–Kier alpha value is -2.36. The average Bonchev–Trinajstić information content (AvgIpc) is 3.14. The summed E-state index contributed by atoms with van der Waals surface area (Å²) in [5, 5.41) is 2.94. The summed E-state index contributed by atoms with van der Waals surface area (Å²) in [6.07, 6.45) is 3.87. The first kappa shape index (κ1) is 23.8. The third-order valence-corrected chi connectivity index (χ3v) is 8.92. The third kappa shape index (κ3) is 4.81. The molecule has 9 heteroatoms. The van der Waals surface area contributed by atoms with Crippen molar-refractivity contribution in [2.75, 3.05) is 29.6 Å². The van der Waals surface area contributed by atoms with Gasteiger partial charge in [0.05, 0.1) is 10.8 Å². The van der Waals surface area contributed by atoms with Gasteiger partial charge in [-0.05, 0) is 74.4 Å². The number of nitrogens with zero attached hydrogens (tertiary/aromatic N) is 2. The van der Waals surface area contributed by atoms with Crippen LogP contribution in [0.2, 0.25) is 0 Å². The van der Waals surface area contributed by atoms with Gasteiger partial charge in [0.1, 0.15) is 0 Å². The number of rotatable bonds is 5. The van der Waals surface area contributed by atoms with Gasteiger partial charge in [-0.3, -0.25) is 9.59 Å². The highest BCUT2D eigenvalue weighted by molar-refractivity contribution is 7.98. The van der Waals surface area contributed by atoms with Crippen molar-refractivity contribution in [1.82, 2.24) is 4.31 Å². The summed E-state index contributed by atoms with van der Waals surface area (Å²) in [4.78, 5) is 27.8. The van der Waals surface area contributed by atoms with Gasteiger partial charge in [0.2, 0.25) is 21.8 Å². The zero-order valence-corrected chi connectivity index (χ0v) is 20.7. The van der Waals surface area contributed by atoms with Gasteiger partial charge in [-0.2, -0.15) is 4.31 Å². The number of amides is 2. The van der Waals surface area contributed by atoms with Gasteiger partial charge in [0.25, 0.3) is 0 Å². The maximum absolute atomic E-state index is 13.4. The lowest BCUT2D eigenvalue weighted by molar-refractivity contribution is -0.121. The lowest BCUT2D eigenvalue weighted by atomic mass is 9.99. The van der Waals surface area contributed by atoms with Crippen LogP contribution < -0.4 is 10.2 Å². The second-order valence-corrected chi connectivity index (χ2v) is 11.5. The maximum atomic E-state index is 13.4.